The van der Waals surface area contributed by atoms with Crippen LogP contribution in [0.1, 0.15) is 17.3 Å². The van der Waals surface area contributed by atoms with Crippen molar-refractivity contribution in [2.45, 2.75) is 6.92 Å². The van der Waals surface area contributed by atoms with Gasteiger partial charge in [0.05, 0.1) is 40.8 Å². The Bertz CT molecular complexity index is 2070. The molecule has 232 valence electrons. The molecule has 45 heavy (non-hydrogen) atoms. The Hall–Kier alpha value is -5.27. The summed E-state index contributed by atoms with van der Waals surface area (Å²) >= 11 is 11.6. The fourth-order valence-corrected chi connectivity index (χ4v) is 4.37. The highest BCUT2D eigenvalue weighted by atomic mass is 35.5. The number of hydrogen-bond donors (Lipinski definition) is 4. The maximum Gasteiger partial charge on any atom is 0.339 e. The Morgan fingerprint density at radius 1 is 0.711 bits per heavy atom. The van der Waals surface area contributed by atoms with Crippen molar-refractivity contribution in [2.75, 3.05) is 29.7 Å². The lowest BCUT2D eigenvalue weighted by atomic mass is 10.1. The fourth-order valence-electron chi connectivity index (χ4n) is 4.02. The summed E-state index contributed by atoms with van der Waals surface area (Å²) in [6.07, 6.45) is 0. The summed E-state index contributed by atoms with van der Waals surface area (Å²) in [7, 11) is 1.28. The van der Waals surface area contributed by atoms with E-state index in [2.05, 4.69) is 16.0 Å². The molecule has 5 aromatic carbocycles. The standard InChI is InChI=1S/C18H12ClFN2O5.C12H9ClFNO3/c1-27-17-8(18(25)26)4-2-7-11(17)22-14-13(15(23)16(14)24)21-10-6-3-5-9(20)12(10)19;1-2-18-12-9(10(16)11(12)17)15-7-5-3-4-6(14)8(7)13/h2-7,21-22H,1H3,(H,25,26);3-5,15H,2H2,1H3. The summed E-state index contributed by atoms with van der Waals surface area (Å²) in [5.74, 6) is -2.56. The number of para-hydroxylation sites is 1. The second-order valence-electron chi connectivity index (χ2n) is 8.97. The second kappa shape index (κ2) is 13.6. The molecular weight excluding hydrogens is 639 g/mol. The number of hydrogen-bond acceptors (Lipinski definition) is 10. The molecule has 0 aliphatic heterocycles. The van der Waals surface area contributed by atoms with E-state index < -0.39 is 39.3 Å². The van der Waals surface area contributed by atoms with Gasteiger partial charge in [-0.25, -0.2) is 13.6 Å². The summed E-state index contributed by atoms with van der Waals surface area (Å²) in [6.45, 7) is 1.95. The number of aromatic carboxylic acids is 1. The molecule has 0 atom stereocenters. The Kier molecular flexibility index (Phi) is 9.85. The molecule has 0 fully saturated rings. The van der Waals surface area contributed by atoms with Gasteiger partial charge in [0.2, 0.25) is 0 Å². The van der Waals surface area contributed by atoms with Crippen LogP contribution in [-0.4, -0.2) is 24.8 Å². The summed E-state index contributed by atoms with van der Waals surface area (Å²) in [5, 5.41) is 16.8. The zero-order chi connectivity index (χ0) is 33.0. The molecule has 0 bridgehead atoms. The van der Waals surface area contributed by atoms with E-state index in [0.717, 1.165) is 6.07 Å². The third-order valence-corrected chi connectivity index (χ3v) is 6.97. The third kappa shape index (κ3) is 6.49. The van der Waals surface area contributed by atoms with Crippen molar-refractivity contribution in [3.05, 3.63) is 123 Å². The average Bonchev–Trinajstić information content (AvgIpc) is 3.04. The molecule has 0 aliphatic carbocycles. The topological polar surface area (TPSA) is 160 Å². The minimum Gasteiger partial charge on any atom is -0.494 e. The molecule has 11 nitrogen and oxygen atoms in total. The molecule has 0 aromatic heterocycles. The molecule has 0 unspecified atom stereocenters. The molecule has 5 aromatic rings. The second-order valence-corrected chi connectivity index (χ2v) is 9.73. The van der Waals surface area contributed by atoms with Crippen LogP contribution >= 0.6 is 23.2 Å². The first-order chi connectivity index (χ1) is 21.4. The lowest BCUT2D eigenvalue weighted by molar-refractivity contribution is 0.0693. The van der Waals surface area contributed by atoms with Crippen LogP contribution in [0, 0.1) is 11.6 Å². The zero-order valence-electron chi connectivity index (χ0n) is 23.2. The summed E-state index contributed by atoms with van der Waals surface area (Å²) < 4.78 is 36.9. The predicted octanol–water partition coefficient (Wildman–Crippen LogP) is 5.49. The highest BCUT2D eigenvalue weighted by molar-refractivity contribution is 6.33. The largest absolute Gasteiger partial charge is 0.494 e. The number of rotatable bonds is 10. The molecule has 0 amide bonds. The van der Waals surface area contributed by atoms with Gasteiger partial charge in [-0.05, 0) is 43.3 Å². The van der Waals surface area contributed by atoms with Gasteiger partial charge in [-0.15, -0.1) is 0 Å². The minimum atomic E-state index is -1.22. The van der Waals surface area contributed by atoms with E-state index in [4.69, 9.17) is 32.7 Å². The molecular formula is C30H21Cl2F2N3O8. The van der Waals surface area contributed by atoms with Crippen LogP contribution in [0.5, 0.6) is 11.5 Å². The Balaban J connectivity index is 0.000000222. The number of anilines is 6. The lowest BCUT2D eigenvalue weighted by Crippen LogP contribution is -2.36. The van der Waals surface area contributed by atoms with Crippen molar-refractivity contribution in [3.63, 3.8) is 0 Å². The van der Waals surface area contributed by atoms with Gasteiger partial charge in [0.1, 0.15) is 34.3 Å². The van der Waals surface area contributed by atoms with Crippen LogP contribution in [0.15, 0.2) is 73.8 Å². The molecule has 0 heterocycles. The van der Waals surface area contributed by atoms with Gasteiger partial charge in [-0.3, -0.25) is 19.2 Å². The summed E-state index contributed by atoms with van der Waals surface area (Å²) in [6, 6.07) is 12.4. The van der Waals surface area contributed by atoms with Crippen molar-refractivity contribution in [1.29, 1.82) is 0 Å². The number of ether oxygens (including phenoxy) is 2. The van der Waals surface area contributed by atoms with Gasteiger partial charge < -0.3 is 30.5 Å². The number of carboxylic acid groups (broad SMARTS) is 1. The van der Waals surface area contributed by atoms with Gasteiger partial charge in [0, 0.05) is 0 Å². The van der Waals surface area contributed by atoms with Crippen molar-refractivity contribution < 1.29 is 28.2 Å². The monoisotopic (exact) mass is 659 g/mol. The number of halogens is 4. The summed E-state index contributed by atoms with van der Waals surface area (Å²) in [5.41, 5.74) is -2.85. The first kappa shape index (κ1) is 32.6. The quantitative estimate of drug-likeness (QED) is 0.140. The van der Waals surface area contributed by atoms with E-state index in [-0.39, 0.29) is 67.8 Å². The number of nitrogens with one attached hydrogen (secondary N) is 3. The Labute approximate surface area is 261 Å². The van der Waals surface area contributed by atoms with E-state index in [1.807, 2.05) is 0 Å². The molecule has 0 saturated heterocycles. The van der Waals surface area contributed by atoms with Gasteiger partial charge in [-0.1, -0.05) is 41.4 Å². The normalized spacial score (nSPS) is 10.6. The summed E-state index contributed by atoms with van der Waals surface area (Å²) in [4.78, 5) is 57.8. The van der Waals surface area contributed by atoms with Crippen molar-refractivity contribution >= 4 is 63.3 Å². The third-order valence-electron chi connectivity index (χ3n) is 6.20. The van der Waals surface area contributed by atoms with Crippen LogP contribution in [0.25, 0.3) is 0 Å². The van der Waals surface area contributed by atoms with Gasteiger partial charge in [-0.2, -0.15) is 0 Å². The number of carboxylic acids is 1. The first-order valence-corrected chi connectivity index (χ1v) is 13.6. The van der Waals surface area contributed by atoms with Crippen LogP contribution < -0.4 is 47.1 Å². The van der Waals surface area contributed by atoms with E-state index in [1.54, 1.807) is 6.92 Å². The lowest BCUT2D eigenvalue weighted by Gasteiger charge is -2.18. The van der Waals surface area contributed by atoms with Crippen molar-refractivity contribution in [3.8, 4) is 11.5 Å². The van der Waals surface area contributed by atoms with Gasteiger partial charge >= 0.3 is 5.97 Å². The predicted molar refractivity (Wildman–Crippen MR) is 166 cm³/mol. The maximum atomic E-state index is 13.6. The minimum absolute atomic E-state index is 0.00668. The molecule has 5 rings (SSSR count). The van der Waals surface area contributed by atoms with Crippen molar-refractivity contribution in [2.24, 2.45) is 0 Å². The van der Waals surface area contributed by atoms with E-state index >= 15 is 0 Å². The first-order valence-electron chi connectivity index (χ1n) is 12.8. The number of methoxy groups -OCH3 is 1. The fraction of sp³-hybridized carbons (Fsp3) is 0.100. The average molecular weight is 660 g/mol. The van der Waals surface area contributed by atoms with Gasteiger partial charge in [0.15, 0.2) is 11.5 Å². The van der Waals surface area contributed by atoms with E-state index in [0.29, 0.717) is 0 Å². The Morgan fingerprint density at radius 2 is 1.16 bits per heavy atom. The maximum absolute atomic E-state index is 13.6. The molecule has 15 heteroatoms. The highest BCUT2D eigenvalue weighted by Gasteiger charge is 2.25. The van der Waals surface area contributed by atoms with Gasteiger partial charge in [0.25, 0.3) is 21.7 Å². The van der Waals surface area contributed by atoms with Crippen LogP contribution in [-0.2, 0) is 0 Å². The number of benzene rings is 3. The van der Waals surface area contributed by atoms with E-state index in [1.165, 1.54) is 55.6 Å². The molecule has 0 saturated carbocycles. The molecule has 0 radical (unpaired) electrons. The smallest absolute Gasteiger partial charge is 0.339 e. The molecule has 0 spiro atoms. The zero-order valence-corrected chi connectivity index (χ0v) is 24.7. The SMILES string of the molecule is CCOc1c(Nc2cccc(F)c2Cl)c(=O)c1=O.COc1c(Nc2c(Nc3cccc(F)c3Cl)c(=O)c2=O)cccc1C(=O)O. The Morgan fingerprint density at radius 3 is 1.64 bits per heavy atom. The number of carbonyl (C=O) groups is 1. The van der Waals surface area contributed by atoms with Crippen molar-refractivity contribution in [1.82, 2.24) is 0 Å². The van der Waals surface area contributed by atoms with Crippen LogP contribution in [0.3, 0.4) is 0 Å². The van der Waals surface area contributed by atoms with Crippen LogP contribution in [0.2, 0.25) is 10.0 Å². The highest BCUT2D eigenvalue weighted by Crippen LogP contribution is 2.35. The molecule has 4 N–H and O–H groups in total. The van der Waals surface area contributed by atoms with Crippen LogP contribution in [0.4, 0.5) is 42.9 Å². The van der Waals surface area contributed by atoms with E-state index in [9.17, 15) is 37.9 Å². The molecule has 0 aliphatic rings.